The van der Waals surface area contributed by atoms with Gasteiger partial charge < -0.3 is 15.5 Å². The van der Waals surface area contributed by atoms with Crippen LogP contribution in [0.25, 0.3) is 0 Å². The van der Waals surface area contributed by atoms with Crippen LogP contribution in [0.1, 0.15) is 0 Å². The zero-order valence-electron chi connectivity index (χ0n) is 8.47. The molecule has 0 unspecified atom stereocenters. The van der Waals surface area contributed by atoms with E-state index in [0.717, 1.165) is 0 Å². The fourth-order valence-electron chi connectivity index (χ4n) is 0.283. The largest absolute Gasteiger partial charge is 0.395 e. The van der Waals surface area contributed by atoms with Crippen LogP contribution in [-0.4, -0.2) is 36.5 Å². The van der Waals surface area contributed by atoms with E-state index in [9.17, 15) is 0 Å². The first-order chi connectivity index (χ1) is 6.41. The highest BCUT2D eigenvalue weighted by Crippen LogP contribution is 1.54. The van der Waals surface area contributed by atoms with Gasteiger partial charge in [-0.15, -0.1) is 39.5 Å². The van der Waals surface area contributed by atoms with Gasteiger partial charge in [-0.3, -0.25) is 0 Å². The lowest BCUT2D eigenvalue weighted by molar-refractivity contribution is 0.267. The third-order valence-corrected chi connectivity index (χ3v) is 0.577. The molecule has 0 saturated carbocycles. The molecule has 0 spiro atoms. The number of rotatable bonds is 4. The summed E-state index contributed by atoms with van der Waals surface area (Å²) in [4.78, 5) is 0. The summed E-state index contributed by atoms with van der Waals surface area (Å²) in [7, 11) is 0. The fraction of sp³-hybridized carbons (Fsp3) is 0.400. The van der Waals surface area contributed by atoms with Crippen molar-refractivity contribution in [2.75, 3.05) is 26.3 Å². The van der Waals surface area contributed by atoms with E-state index in [-0.39, 0.29) is 13.2 Å². The van der Waals surface area contributed by atoms with Gasteiger partial charge in [0.1, 0.15) is 0 Å². The van der Waals surface area contributed by atoms with Gasteiger partial charge in [0.2, 0.25) is 0 Å². The van der Waals surface area contributed by atoms with E-state index in [1.54, 1.807) is 0 Å². The molecule has 0 aromatic carbocycles. The van der Waals surface area contributed by atoms with Crippen molar-refractivity contribution in [3.8, 4) is 0 Å². The maximum atomic E-state index is 8.15. The second-order valence-electron chi connectivity index (χ2n) is 1.20. The Kier molecular flexibility index (Phi) is 118. The molecule has 0 saturated heterocycles. The van der Waals surface area contributed by atoms with Gasteiger partial charge in [0.05, 0.1) is 13.2 Å². The highest BCUT2D eigenvalue weighted by atomic mass is 16.3. The van der Waals surface area contributed by atoms with Crippen LogP contribution in [0.4, 0.5) is 0 Å². The maximum absolute atomic E-state index is 8.15. The lowest BCUT2D eigenvalue weighted by atomic mass is 10.6. The van der Waals surface area contributed by atoms with E-state index >= 15 is 0 Å². The molecule has 0 heterocycles. The molecule has 0 aromatic rings. The zero-order chi connectivity index (χ0) is 11.5. The Morgan fingerprint density at radius 3 is 1.08 bits per heavy atom. The molecule has 13 heavy (non-hydrogen) atoms. The third kappa shape index (κ3) is 95.6. The molecule has 3 nitrogen and oxygen atoms in total. The number of aliphatic hydroxyl groups excluding tert-OH is 2. The summed E-state index contributed by atoms with van der Waals surface area (Å²) in [6.07, 6.45) is 0. The molecule has 0 radical (unpaired) electrons. The molecule has 0 amide bonds. The zero-order valence-corrected chi connectivity index (χ0v) is 8.47. The van der Waals surface area contributed by atoms with Crippen LogP contribution in [0.15, 0.2) is 39.5 Å². The SMILES string of the molecule is C=C.C=C.C=C.OCCNCCO. The van der Waals surface area contributed by atoms with E-state index in [0.29, 0.717) is 13.1 Å². The van der Waals surface area contributed by atoms with Crippen molar-refractivity contribution in [1.82, 2.24) is 5.32 Å². The molecule has 0 bridgehead atoms. The molecule has 0 aliphatic heterocycles. The van der Waals surface area contributed by atoms with Gasteiger partial charge in [0.25, 0.3) is 0 Å². The van der Waals surface area contributed by atoms with E-state index < -0.39 is 0 Å². The minimum absolute atomic E-state index is 0.139. The summed E-state index contributed by atoms with van der Waals surface area (Å²) in [6.45, 7) is 19.4. The second kappa shape index (κ2) is 67.4. The van der Waals surface area contributed by atoms with Gasteiger partial charge >= 0.3 is 0 Å². The highest BCUT2D eigenvalue weighted by molar-refractivity contribution is 4.39. The van der Waals surface area contributed by atoms with Gasteiger partial charge in [-0.25, -0.2) is 0 Å². The van der Waals surface area contributed by atoms with Crippen molar-refractivity contribution in [1.29, 1.82) is 0 Å². The standard InChI is InChI=1S/C4H11NO2.3C2H4/c6-3-1-5-2-4-7;3*1-2/h5-7H,1-4H2;3*1-2H2. The van der Waals surface area contributed by atoms with E-state index in [1.807, 2.05) is 0 Å². The molecule has 0 rings (SSSR count). The topological polar surface area (TPSA) is 52.5 Å². The Bertz CT molecular complexity index is 52.1. The minimum atomic E-state index is 0.139. The van der Waals surface area contributed by atoms with Crippen LogP contribution in [0.5, 0.6) is 0 Å². The van der Waals surface area contributed by atoms with E-state index in [1.165, 1.54) is 0 Å². The Labute approximate surface area is 82.1 Å². The van der Waals surface area contributed by atoms with Crippen molar-refractivity contribution in [3.63, 3.8) is 0 Å². The van der Waals surface area contributed by atoms with Crippen molar-refractivity contribution >= 4 is 0 Å². The maximum Gasteiger partial charge on any atom is 0.0555 e. The smallest absolute Gasteiger partial charge is 0.0555 e. The predicted octanol–water partition coefficient (Wildman–Crippen LogP) is 0.967. The summed E-state index contributed by atoms with van der Waals surface area (Å²) in [5, 5.41) is 19.1. The van der Waals surface area contributed by atoms with E-state index in [2.05, 4.69) is 44.8 Å². The first-order valence-electron chi connectivity index (χ1n) is 3.84. The quantitative estimate of drug-likeness (QED) is 0.456. The Hall–Kier alpha value is -0.900. The number of nitrogens with one attached hydrogen (secondary N) is 1. The normalized spacial score (nSPS) is 6.00. The van der Waals surface area contributed by atoms with Crippen LogP contribution in [-0.2, 0) is 0 Å². The summed E-state index contributed by atoms with van der Waals surface area (Å²) >= 11 is 0. The number of hydrogen-bond donors (Lipinski definition) is 3. The summed E-state index contributed by atoms with van der Waals surface area (Å²) in [6, 6.07) is 0. The Morgan fingerprint density at radius 1 is 0.692 bits per heavy atom. The average molecular weight is 189 g/mol. The van der Waals surface area contributed by atoms with Crippen LogP contribution in [0, 0.1) is 0 Å². The summed E-state index contributed by atoms with van der Waals surface area (Å²) in [5.41, 5.74) is 0. The second-order valence-corrected chi connectivity index (χ2v) is 1.20. The van der Waals surface area contributed by atoms with Gasteiger partial charge in [-0.2, -0.15) is 0 Å². The third-order valence-electron chi connectivity index (χ3n) is 0.577. The minimum Gasteiger partial charge on any atom is -0.395 e. The fourth-order valence-corrected chi connectivity index (χ4v) is 0.283. The van der Waals surface area contributed by atoms with Gasteiger partial charge in [0.15, 0.2) is 0 Å². The monoisotopic (exact) mass is 189 g/mol. The summed E-state index contributed by atoms with van der Waals surface area (Å²) < 4.78 is 0. The van der Waals surface area contributed by atoms with Crippen molar-refractivity contribution in [2.24, 2.45) is 0 Å². The highest BCUT2D eigenvalue weighted by Gasteiger charge is 1.78. The van der Waals surface area contributed by atoms with Crippen LogP contribution in [0.2, 0.25) is 0 Å². The average Bonchev–Trinajstić information content (AvgIpc) is 2.27. The Balaban J connectivity index is -0.0000000573. The molecular formula is C10H23NO2. The first-order valence-corrected chi connectivity index (χ1v) is 3.84. The van der Waals surface area contributed by atoms with Crippen molar-refractivity contribution in [3.05, 3.63) is 39.5 Å². The number of aliphatic hydroxyl groups is 2. The molecule has 3 heteroatoms. The Morgan fingerprint density at radius 2 is 0.923 bits per heavy atom. The van der Waals surface area contributed by atoms with Gasteiger partial charge in [0, 0.05) is 13.1 Å². The van der Waals surface area contributed by atoms with E-state index in [4.69, 9.17) is 10.2 Å². The van der Waals surface area contributed by atoms with Gasteiger partial charge in [-0.1, -0.05) is 0 Å². The first kappa shape index (κ1) is 22.7. The molecule has 0 atom stereocenters. The molecule has 3 N–H and O–H groups in total. The van der Waals surface area contributed by atoms with Crippen molar-refractivity contribution in [2.45, 2.75) is 0 Å². The molecule has 0 aliphatic rings. The molecule has 0 aromatic heterocycles. The molecule has 80 valence electrons. The lowest BCUT2D eigenvalue weighted by Crippen LogP contribution is -2.21. The number of hydrogen-bond acceptors (Lipinski definition) is 3. The molecule has 0 aliphatic carbocycles. The molecular weight excluding hydrogens is 166 g/mol. The van der Waals surface area contributed by atoms with Crippen LogP contribution >= 0.6 is 0 Å². The van der Waals surface area contributed by atoms with Gasteiger partial charge in [-0.05, 0) is 0 Å². The van der Waals surface area contributed by atoms with Crippen LogP contribution < -0.4 is 5.32 Å². The summed E-state index contributed by atoms with van der Waals surface area (Å²) in [5.74, 6) is 0. The lowest BCUT2D eigenvalue weighted by Gasteiger charge is -1.94. The van der Waals surface area contributed by atoms with Crippen LogP contribution in [0.3, 0.4) is 0 Å². The molecule has 0 fully saturated rings. The predicted molar refractivity (Wildman–Crippen MR) is 60.8 cm³/mol. The van der Waals surface area contributed by atoms with Crippen molar-refractivity contribution < 1.29 is 10.2 Å².